The van der Waals surface area contributed by atoms with E-state index in [0.717, 1.165) is 21.2 Å². The Balaban J connectivity index is 2.26. The van der Waals surface area contributed by atoms with E-state index >= 15 is 0 Å². The first kappa shape index (κ1) is 10.9. The van der Waals surface area contributed by atoms with Crippen LogP contribution in [-0.2, 0) is 0 Å². The summed E-state index contributed by atoms with van der Waals surface area (Å²) in [5.41, 5.74) is 1.70. The van der Waals surface area contributed by atoms with Crippen LogP contribution in [0.25, 0.3) is 10.1 Å². The summed E-state index contributed by atoms with van der Waals surface area (Å²) in [4.78, 5) is 11.9. The molecule has 1 N–H and O–H groups in total. The van der Waals surface area contributed by atoms with Crippen molar-refractivity contribution in [3.05, 3.63) is 47.4 Å². The zero-order valence-electron chi connectivity index (χ0n) is 9.12. The summed E-state index contributed by atoms with van der Waals surface area (Å²) in [7, 11) is 0. The summed E-state index contributed by atoms with van der Waals surface area (Å²) in [5, 5.41) is 5.77. The molecule has 0 saturated carbocycles. The van der Waals surface area contributed by atoms with Crippen LogP contribution in [0.1, 0.15) is 17.3 Å². The lowest BCUT2D eigenvalue weighted by atomic mass is 10.1. The molecule has 2 rings (SSSR count). The molecular weight excluding hydrogens is 218 g/mol. The van der Waals surface area contributed by atoms with Crippen molar-refractivity contribution in [2.75, 3.05) is 6.54 Å². The van der Waals surface area contributed by atoms with Gasteiger partial charge in [-0.1, -0.05) is 30.4 Å². The summed E-state index contributed by atoms with van der Waals surface area (Å²) in [5.74, 6) is -0.0274. The van der Waals surface area contributed by atoms with Gasteiger partial charge in [0.2, 0.25) is 0 Å². The number of nitrogens with one attached hydrogen (secondary N) is 1. The molecule has 1 aromatic heterocycles. The molecule has 16 heavy (non-hydrogen) atoms. The van der Waals surface area contributed by atoms with Crippen LogP contribution in [0.4, 0.5) is 0 Å². The number of carbonyl (C=O) groups is 1. The van der Waals surface area contributed by atoms with E-state index in [1.54, 1.807) is 11.3 Å². The molecule has 1 heterocycles. The predicted octanol–water partition coefficient (Wildman–Crippen LogP) is 3.21. The minimum absolute atomic E-state index is 0.0274. The van der Waals surface area contributed by atoms with E-state index in [4.69, 9.17) is 0 Å². The first-order valence-electron chi connectivity index (χ1n) is 5.07. The van der Waals surface area contributed by atoms with Crippen LogP contribution in [0.15, 0.2) is 41.8 Å². The highest BCUT2D eigenvalue weighted by Crippen LogP contribution is 2.25. The Hall–Kier alpha value is -1.61. The van der Waals surface area contributed by atoms with Gasteiger partial charge in [-0.2, -0.15) is 0 Å². The Morgan fingerprint density at radius 3 is 2.94 bits per heavy atom. The number of hydrogen-bond acceptors (Lipinski definition) is 2. The van der Waals surface area contributed by atoms with Crippen molar-refractivity contribution in [2.24, 2.45) is 0 Å². The van der Waals surface area contributed by atoms with E-state index in [-0.39, 0.29) is 5.91 Å². The van der Waals surface area contributed by atoms with E-state index in [0.29, 0.717) is 6.54 Å². The monoisotopic (exact) mass is 231 g/mol. The third-order valence-electron chi connectivity index (χ3n) is 2.28. The van der Waals surface area contributed by atoms with Gasteiger partial charge in [0, 0.05) is 22.0 Å². The number of amides is 1. The zero-order valence-corrected chi connectivity index (χ0v) is 9.93. The highest BCUT2D eigenvalue weighted by molar-refractivity contribution is 7.17. The lowest BCUT2D eigenvalue weighted by molar-refractivity contribution is 0.0959. The second-order valence-corrected chi connectivity index (χ2v) is 4.70. The average molecular weight is 231 g/mol. The van der Waals surface area contributed by atoms with E-state index in [9.17, 15) is 4.79 Å². The molecule has 1 aromatic carbocycles. The van der Waals surface area contributed by atoms with E-state index in [2.05, 4.69) is 11.9 Å². The SMILES string of the molecule is C=C(C)CNC(=O)c1csc2ccccc12. The maximum Gasteiger partial charge on any atom is 0.253 e. The summed E-state index contributed by atoms with van der Waals surface area (Å²) in [6.45, 7) is 6.18. The van der Waals surface area contributed by atoms with Gasteiger partial charge in [0.05, 0.1) is 5.56 Å². The fourth-order valence-electron chi connectivity index (χ4n) is 1.48. The third-order valence-corrected chi connectivity index (χ3v) is 3.24. The van der Waals surface area contributed by atoms with Gasteiger partial charge in [-0.15, -0.1) is 11.3 Å². The van der Waals surface area contributed by atoms with Crippen LogP contribution >= 0.6 is 11.3 Å². The molecule has 1 amide bonds. The molecule has 3 heteroatoms. The van der Waals surface area contributed by atoms with E-state index in [1.807, 2.05) is 36.6 Å². The Bertz CT molecular complexity index is 542. The minimum atomic E-state index is -0.0274. The van der Waals surface area contributed by atoms with Crippen LogP contribution in [0.3, 0.4) is 0 Å². The number of thiophene rings is 1. The Labute approximate surface area is 98.6 Å². The third kappa shape index (κ3) is 2.14. The molecule has 0 aliphatic heterocycles. The number of rotatable bonds is 3. The molecule has 0 fully saturated rings. The Morgan fingerprint density at radius 2 is 2.19 bits per heavy atom. The summed E-state index contributed by atoms with van der Waals surface area (Å²) in [6.07, 6.45) is 0. The molecule has 0 unspecified atom stereocenters. The molecule has 82 valence electrons. The van der Waals surface area contributed by atoms with Crippen molar-refractivity contribution in [3.63, 3.8) is 0 Å². The number of hydrogen-bond donors (Lipinski definition) is 1. The van der Waals surface area contributed by atoms with Gasteiger partial charge in [-0.3, -0.25) is 4.79 Å². The molecule has 2 aromatic rings. The quantitative estimate of drug-likeness (QED) is 0.807. The molecule has 0 atom stereocenters. The van der Waals surface area contributed by atoms with Crippen LogP contribution in [-0.4, -0.2) is 12.5 Å². The highest BCUT2D eigenvalue weighted by Gasteiger charge is 2.10. The number of carbonyl (C=O) groups excluding carboxylic acids is 1. The lowest BCUT2D eigenvalue weighted by Gasteiger charge is -2.03. The fraction of sp³-hybridized carbons (Fsp3) is 0.154. The molecule has 0 bridgehead atoms. The summed E-state index contributed by atoms with van der Waals surface area (Å²) >= 11 is 1.59. The summed E-state index contributed by atoms with van der Waals surface area (Å²) < 4.78 is 1.14. The molecular formula is C13H13NOS. The summed E-state index contributed by atoms with van der Waals surface area (Å²) in [6, 6.07) is 7.93. The Kier molecular flexibility index (Phi) is 3.06. The van der Waals surface area contributed by atoms with Crippen LogP contribution in [0, 0.1) is 0 Å². The van der Waals surface area contributed by atoms with Crippen molar-refractivity contribution >= 4 is 27.3 Å². The smallest absolute Gasteiger partial charge is 0.253 e. The van der Waals surface area contributed by atoms with Crippen molar-refractivity contribution in [2.45, 2.75) is 6.92 Å². The van der Waals surface area contributed by atoms with Crippen LogP contribution in [0.5, 0.6) is 0 Å². The number of benzene rings is 1. The highest BCUT2D eigenvalue weighted by atomic mass is 32.1. The topological polar surface area (TPSA) is 29.1 Å². The van der Waals surface area contributed by atoms with Gasteiger partial charge in [0.1, 0.15) is 0 Å². The molecule has 2 nitrogen and oxygen atoms in total. The molecule has 0 aliphatic carbocycles. The lowest BCUT2D eigenvalue weighted by Crippen LogP contribution is -2.24. The largest absolute Gasteiger partial charge is 0.348 e. The van der Waals surface area contributed by atoms with Gasteiger partial charge in [-0.05, 0) is 13.0 Å². The second-order valence-electron chi connectivity index (χ2n) is 3.79. The minimum Gasteiger partial charge on any atom is -0.348 e. The molecule has 0 spiro atoms. The first-order chi connectivity index (χ1) is 7.68. The standard InChI is InChI=1S/C13H13NOS/c1-9(2)7-14-13(15)11-8-16-12-6-4-3-5-10(11)12/h3-6,8H,1,7H2,2H3,(H,14,15). The number of fused-ring (bicyclic) bond motifs is 1. The fourth-order valence-corrected chi connectivity index (χ4v) is 2.42. The Morgan fingerprint density at radius 1 is 1.44 bits per heavy atom. The molecule has 0 aliphatic rings. The van der Waals surface area contributed by atoms with E-state index in [1.165, 1.54) is 0 Å². The van der Waals surface area contributed by atoms with Crippen molar-refractivity contribution in [1.82, 2.24) is 5.32 Å². The second kappa shape index (κ2) is 4.49. The van der Waals surface area contributed by atoms with Crippen LogP contribution in [0.2, 0.25) is 0 Å². The van der Waals surface area contributed by atoms with Crippen molar-refractivity contribution in [3.8, 4) is 0 Å². The van der Waals surface area contributed by atoms with Gasteiger partial charge >= 0.3 is 0 Å². The van der Waals surface area contributed by atoms with Gasteiger partial charge in [0.25, 0.3) is 5.91 Å². The van der Waals surface area contributed by atoms with Crippen LogP contribution < -0.4 is 5.32 Å². The zero-order chi connectivity index (χ0) is 11.5. The normalized spacial score (nSPS) is 10.3. The van der Waals surface area contributed by atoms with Crippen molar-refractivity contribution in [1.29, 1.82) is 0 Å². The molecule has 0 radical (unpaired) electrons. The first-order valence-corrected chi connectivity index (χ1v) is 5.95. The van der Waals surface area contributed by atoms with Gasteiger partial charge in [-0.25, -0.2) is 0 Å². The molecule has 0 saturated heterocycles. The van der Waals surface area contributed by atoms with Gasteiger partial charge in [0.15, 0.2) is 0 Å². The van der Waals surface area contributed by atoms with Crippen molar-refractivity contribution < 1.29 is 4.79 Å². The van der Waals surface area contributed by atoms with E-state index < -0.39 is 0 Å². The maximum atomic E-state index is 11.9. The predicted molar refractivity (Wildman–Crippen MR) is 69.0 cm³/mol. The maximum absolute atomic E-state index is 11.9. The van der Waals surface area contributed by atoms with Gasteiger partial charge < -0.3 is 5.32 Å². The average Bonchev–Trinajstić information content (AvgIpc) is 2.69.